The number of nitrogens with two attached hydrogens (primary N) is 1. The molecule has 2 N–H and O–H groups in total. The van der Waals surface area contributed by atoms with Crippen LogP contribution in [0.2, 0.25) is 0 Å². The monoisotopic (exact) mass is 318 g/mol. The predicted molar refractivity (Wildman–Crippen MR) is 95.1 cm³/mol. The van der Waals surface area contributed by atoms with E-state index in [0.717, 1.165) is 23.2 Å². The molecule has 0 saturated carbocycles. The molecule has 24 heavy (non-hydrogen) atoms. The van der Waals surface area contributed by atoms with Gasteiger partial charge in [-0.15, -0.1) is 0 Å². The van der Waals surface area contributed by atoms with Gasteiger partial charge in [-0.2, -0.15) is 0 Å². The van der Waals surface area contributed by atoms with Crippen LogP contribution in [0.4, 0.5) is 11.4 Å². The van der Waals surface area contributed by atoms with E-state index in [2.05, 4.69) is 6.07 Å². The molecular formula is C20H18N2O2. The van der Waals surface area contributed by atoms with Crippen molar-refractivity contribution in [2.24, 2.45) is 0 Å². The Morgan fingerprint density at radius 2 is 1.96 bits per heavy atom. The van der Waals surface area contributed by atoms with E-state index >= 15 is 0 Å². The zero-order valence-electron chi connectivity index (χ0n) is 13.5. The molecule has 1 aromatic heterocycles. The summed E-state index contributed by atoms with van der Waals surface area (Å²) < 4.78 is 5.85. The van der Waals surface area contributed by atoms with Gasteiger partial charge in [0, 0.05) is 23.5 Å². The first-order valence-electron chi connectivity index (χ1n) is 7.99. The molecule has 0 bridgehead atoms. The summed E-state index contributed by atoms with van der Waals surface area (Å²) in [5.74, 6) is 0.945. The first kappa shape index (κ1) is 14.6. The maximum absolute atomic E-state index is 12.8. The predicted octanol–water partition coefficient (Wildman–Crippen LogP) is 4.04. The zero-order valence-corrected chi connectivity index (χ0v) is 13.5. The second-order valence-corrected chi connectivity index (χ2v) is 6.07. The van der Waals surface area contributed by atoms with Gasteiger partial charge in [0.2, 0.25) is 0 Å². The molecule has 0 spiro atoms. The van der Waals surface area contributed by atoms with E-state index in [0.29, 0.717) is 23.8 Å². The molecule has 0 radical (unpaired) electrons. The summed E-state index contributed by atoms with van der Waals surface area (Å²) in [6.07, 6.45) is 0.881. The SMILES string of the molecule is Cc1cc(N)ccc1-c1ccc(C(=O)N2CCc3ccccc32)o1. The molecule has 4 rings (SSSR count). The number of carbonyl (C=O) groups is 1. The molecule has 1 amide bonds. The second kappa shape index (κ2) is 5.57. The van der Waals surface area contributed by atoms with Crippen molar-refractivity contribution >= 4 is 17.3 Å². The maximum atomic E-state index is 12.8. The van der Waals surface area contributed by atoms with Crippen LogP contribution >= 0.6 is 0 Å². The van der Waals surface area contributed by atoms with Crippen molar-refractivity contribution in [2.45, 2.75) is 13.3 Å². The Balaban J connectivity index is 1.65. The largest absolute Gasteiger partial charge is 0.451 e. The number of anilines is 2. The molecule has 0 aliphatic carbocycles. The third-order valence-corrected chi connectivity index (χ3v) is 4.47. The molecule has 4 heteroatoms. The minimum Gasteiger partial charge on any atom is -0.451 e. The highest BCUT2D eigenvalue weighted by Gasteiger charge is 2.27. The van der Waals surface area contributed by atoms with Crippen molar-refractivity contribution in [3.05, 3.63) is 71.5 Å². The van der Waals surface area contributed by atoms with Crippen molar-refractivity contribution in [2.75, 3.05) is 17.2 Å². The molecule has 2 aromatic carbocycles. The van der Waals surface area contributed by atoms with E-state index in [4.69, 9.17) is 10.2 Å². The normalized spacial score (nSPS) is 13.1. The van der Waals surface area contributed by atoms with Crippen LogP contribution in [0.15, 0.2) is 59.0 Å². The van der Waals surface area contributed by atoms with Crippen molar-refractivity contribution in [1.82, 2.24) is 0 Å². The van der Waals surface area contributed by atoms with E-state index in [9.17, 15) is 4.79 Å². The van der Waals surface area contributed by atoms with Crippen LogP contribution in [0, 0.1) is 6.92 Å². The standard InChI is InChI=1S/C20H18N2O2/c1-13-12-15(21)6-7-16(13)18-8-9-19(24-18)20(23)22-11-10-14-4-2-3-5-17(14)22/h2-9,12H,10-11,21H2,1H3. The molecule has 4 nitrogen and oxygen atoms in total. The molecule has 0 saturated heterocycles. The van der Waals surface area contributed by atoms with Gasteiger partial charge in [0.15, 0.2) is 5.76 Å². The van der Waals surface area contributed by atoms with Gasteiger partial charge in [0.1, 0.15) is 5.76 Å². The van der Waals surface area contributed by atoms with Gasteiger partial charge in [0.25, 0.3) is 5.91 Å². The van der Waals surface area contributed by atoms with Gasteiger partial charge < -0.3 is 15.1 Å². The average molecular weight is 318 g/mol. The average Bonchev–Trinajstić information content (AvgIpc) is 3.21. The van der Waals surface area contributed by atoms with Crippen molar-refractivity contribution in [3.8, 4) is 11.3 Å². The van der Waals surface area contributed by atoms with Crippen LogP contribution in [-0.2, 0) is 6.42 Å². The van der Waals surface area contributed by atoms with Crippen LogP contribution in [0.1, 0.15) is 21.7 Å². The Labute approximate surface area is 140 Å². The summed E-state index contributed by atoms with van der Waals surface area (Å²) in [4.78, 5) is 14.6. The molecule has 3 aromatic rings. The summed E-state index contributed by atoms with van der Waals surface area (Å²) in [5, 5.41) is 0. The fraction of sp³-hybridized carbons (Fsp3) is 0.150. The van der Waals surface area contributed by atoms with Gasteiger partial charge in [0.05, 0.1) is 0 Å². The Kier molecular flexibility index (Phi) is 3.38. The third kappa shape index (κ3) is 2.36. The van der Waals surface area contributed by atoms with E-state index in [1.165, 1.54) is 5.56 Å². The Morgan fingerprint density at radius 3 is 2.79 bits per heavy atom. The Hall–Kier alpha value is -3.01. The van der Waals surface area contributed by atoms with Crippen LogP contribution in [-0.4, -0.2) is 12.5 Å². The molecule has 0 fully saturated rings. The van der Waals surface area contributed by atoms with Crippen LogP contribution in [0.25, 0.3) is 11.3 Å². The van der Waals surface area contributed by atoms with E-state index in [1.807, 2.05) is 49.4 Å². The maximum Gasteiger partial charge on any atom is 0.294 e. The first-order chi connectivity index (χ1) is 11.6. The summed E-state index contributed by atoms with van der Waals surface area (Å²) in [5.41, 5.74) is 10.7. The number of benzene rings is 2. The quantitative estimate of drug-likeness (QED) is 0.725. The van der Waals surface area contributed by atoms with Gasteiger partial charge in [-0.05, 0) is 60.9 Å². The van der Waals surface area contributed by atoms with Gasteiger partial charge >= 0.3 is 0 Å². The fourth-order valence-corrected chi connectivity index (χ4v) is 3.24. The topological polar surface area (TPSA) is 59.5 Å². The highest BCUT2D eigenvalue weighted by Crippen LogP contribution is 2.31. The number of nitrogen functional groups attached to an aromatic ring is 1. The highest BCUT2D eigenvalue weighted by molar-refractivity contribution is 6.05. The molecule has 1 aliphatic heterocycles. The summed E-state index contributed by atoms with van der Waals surface area (Å²) in [7, 11) is 0. The second-order valence-electron chi connectivity index (χ2n) is 6.07. The number of carbonyl (C=O) groups excluding carboxylic acids is 1. The zero-order chi connectivity index (χ0) is 16.7. The number of rotatable bonds is 2. The Morgan fingerprint density at radius 1 is 1.12 bits per heavy atom. The van der Waals surface area contributed by atoms with Gasteiger partial charge in [-0.25, -0.2) is 0 Å². The van der Waals surface area contributed by atoms with E-state index in [-0.39, 0.29) is 5.91 Å². The minimum atomic E-state index is -0.0979. The summed E-state index contributed by atoms with van der Waals surface area (Å²) in [6, 6.07) is 17.2. The van der Waals surface area contributed by atoms with Crippen molar-refractivity contribution < 1.29 is 9.21 Å². The lowest BCUT2D eigenvalue weighted by molar-refractivity contribution is 0.0963. The number of hydrogen-bond donors (Lipinski definition) is 1. The van der Waals surface area contributed by atoms with Gasteiger partial charge in [-0.3, -0.25) is 4.79 Å². The number of hydrogen-bond acceptors (Lipinski definition) is 3. The molecule has 2 heterocycles. The number of furan rings is 1. The van der Waals surface area contributed by atoms with Crippen LogP contribution < -0.4 is 10.6 Å². The molecule has 1 aliphatic rings. The number of aryl methyl sites for hydroxylation is 1. The van der Waals surface area contributed by atoms with Crippen molar-refractivity contribution in [1.29, 1.82) is 0 Å². The number of fused-ring (bicyclic) bond motifs is 1. The summed E-state index contributed by atoms with van der Waals surface area (Å²) in [6.45, 7) is 2.67. The van der Waals surface area contributed by atoms with E-state index < -0.39 is 0 Å². The highest BCUT2D eigenvalue weighted by atomic mass is 16.4. The van der Waals surface area contributed by atoms with Crippen LogP contribution in [0.5, 0.6) is 0 Å². The Bertz CT molecular complexity index is 927. The molecule has 0 atom stereocenters. The lowest BCUT2D eigenvalue weighted by atomic mass is 10.1. The third-order valence-electron chi connectivity index (χ3n) is 4.47. The smallest absolute Gasteiger partial charge is 0.294 e. The molecular weight excluding hydrogens is 300 g/mol. The lowest BCUT2D eigenvalue weighted by Crippen LogP contribution is -2.28. The first-order valence-corrected chi connectivity index (χ1v) is 7.99. The number of para-hydroxylation sites is 1. The molecule has 120 valence electrons. The lowest BCUT2D eigenvalue weighted by Gasteiger charge is -2.15. The van der Waals surface area contributed by atoms with Crippen molar-refractivity contribution in [3.63, 3.8) is 0 Å². The molecule has 0 unspecified atom stereocenters. The van der Waals surface area contributed by atoms with Gasteiger partial charge in [-0.1, -0.05) is 18.2 Å². The number of amides is 1. The van der Waals surface area contributed by atoms with Crippen LogP contribution in [0.3, 0.4) is 0 Å². The fourth-order valence-electron chi connectivity index (χ4n) is 3.24. The summed E-state index contributed by atoms with van der Waals surface area (Å²) >= 11 is 0. The van der Waals surface area contributed by atoms with E-state index in [1.54, 1.807) is 11.0 Å². The minimum absolute atomic E-state index is 0.0979. The number of nitrogens with zero attached hydrogens (tertiary/aromatic N) is 1.